The maximum atomic E-state index is 11.2. The largest absolute Gasteiger partial charge is 0.280 e. The molecule has 5 heteroatoms. The van der Waals surface area contributed by atoms with Crippen LogP contribution in [0.25, 0.3) is 0 Å². The van der Waals surface area contributed by atoms with E-state index < -0.39 is 8.87 Å². The summed E-state index contributed by atoms with van der Waals surface area (Å²) in [4.78, 5) is 11.2. The zero-order chi connectivity index (χ0) is 8.77. The Bertz CT molecular complexity index is 447. The van der Waals surface area contributed by atoms with Crippen LogP contribution in [0.1, 0.15) is 10.4 Å². The molecule has 0 saturated heterocycles. The van der Waals surface area contributed by atoms with E-state index in [-0.39, 0.29) is 10.0 Å². The minimum atomic E-state index is -3.39. The lowest BCUT2D eigenvalue weighted by Crippen LogP contribution is -1.88. The van der Waals surface area contributed by atoms with Gasteiger partial charge in [-0.2, -0.15) is 0 Å². The predicted octanol–water partition coefficient (Wildman–Crippen LogP) is 1.26. The Hall–Kier alpha value is -0.810. The third-order valence-corrected chi connectivity index (χ3v) is 4.70. The van der Waals surface area contributed by atoms with Crippen LogP contribution >= 0.6 is 10.8 Å². The molecule has 0 aromatic heterocycles. The van der Waals surface area contributed by atoms with Gasteiger partial charge < -0.3 is 0 Å². The van der Waals surface area contributed by atoms with Crippen molar-refractivity contribution < 1.29 is 13.2 Å². The molecule has 0 fully saturated rings. The smallest absolute Gasteiger partial charge is 0.238 e. The number of carbonyl (C=O) groups is 1. The summed E-state index contributed by atoms with van der Waals surface area (Å²) < 4.78 is 22.4. The summed E-state index contributed by atoms with van der Waals surface area (Å²) in [7, 11) is -3.00. The lowest BCUT2D eigenvalue weighted by atomic mass is 10.2. The highest BCUT2D eigenvalue weighted by Gasteiger charge is 2.33. The van der Waals surface area contributed by atoms with Crippen molar-refractivity contribution in [1.82, 2.24) is 0 Å². The lowest BCUT2D eigenvalue weighted by Gasteiger charge is -1.91. The molecule has 0 amide bonds. The van der Waals surface area contributed by atoms with Crippen LogP contribution in [0.15, 0.2) is 29.2 Å². The number of fused-ring (bicyclic) bond motifs is 1. The monoisotopic (exact) mass is 204 g/mol. The third kappa shape index (κ3) is 0.971. The van der Waals surface area contributed by atoms with Crippen LogP contribution < -0.4 is 0 Å². The minimum absolute atomic E-state index is 0.139. The molecular formula is C7H4O3S2. The Morgan fingerprint density at radius 3 is 2.50 bits per heavy atom. The van der Waals surface area contributed by atoms with Gasteiger partial charge in [0.2, 0.25) is 14.0 Å². The van der Waals surface area contributed by atoms with E-state index >= 15 is 0 Å². The number of rotatable bonds is 0. The second-order valence-electron chi connectivity index (χ2n) is 2.32. The molecule has 0 spiro atoms. The van der Waals surface area contributed by atoms with Gasteiger partial charge in [-0.15, -0.1) is 0 Å². The van der Waals surface area contributed by atoms with Crippen molar-refractivity contribution in [2.75, 3.05) is 0 Å². The molecule has 0 unspecified atom stereocenters. The normalized spacial score (nSPS) is 19.2. The minimum Gasteiger partial charge on any atom is -0.280 e. The Morgan fingerprint density at radius 2 is 1.83 bits per heavy atom. The topological polar surface area (TPSA) is 51.2 Å². The zero-order valence-corrected chi connectivity index (χ0v) is 7.48. The Kier molecular flexibility index (Phi) is 1.52. The van der Waals surface area contributed by atoms with E-state index in [1.807, 2.05) is 0 Å². The lowest BCUT2D eigenvalue weighted by molar-refractivity contribution is 0.108. The molecule has 0 N–H and O–H groups in total. The van der Waals surface area contributed by atoms with Crippen LogP contribution in [0.2, 0.25) is 0 Å². The summed E-state index contributed by atoms with van der Waals surface area (Å²) in [5.41, 5.74) is 0.294. The van der Waals surface area contributed by atoms with E-state index in [9.17, 15) is 13.2 Å². The van der Waals surface area contributed by atoms with Gasteiger partial charge in [0.25, 0.3) is 0 Å². The Morgan fingerprint density at radius 1 is 1.17 bits per heavy atom. The molecule has 1 aliphatic heterocycles. The van der Waals surface area contributed by atoms with Crippen LogP contribution in [-0.4, -0.2) is 13.5 Å². The fourth-order valence-corrected chi connectivity index (χ4v) is 3.91. The molecule has 3 nitrogen and oxygen atoms in total. The van der Waals surface area contributed by atoms with E-state index in [1.54, 1.807) is 12.1 Å². The van der Waals surface area contributed by atoms with Gasteiger partial charge in [0.1, 0.15) is 0 Å². The van der Waals surface area contributed by atoms with Crippen LogP contribution in [0.4, 0.5) is 0 Å². The average molecular weight is 204 g/mol. The highest BCUT2D eigenvalue weighted by Crippen LogP contribution is 2.37. The van der Waals surface area contributed by atoms with E-state index in [0.717, 1.165) is 0 Å². The first-order chi connectivity index (χ1) is 5.61. The Balaban J connectivity index is 2.83. The molecule has 0 atom stereocenters. The predicted molar refractivity (Wildman–Crippen MR) is 45.5 cm³/mol. The van der Waals surface area contributed by atoms with Crippen molar-refractivity contribution in [3.05, 3.63) is 29.8 Å². The van der Waals surface area contributed by atoms with Crippen molar-refractivity contribution in [2.24, 2.45) is 0 Å². The summed E-state index contributed by atoms with van der Waals surface area (Å²) in [5, 5.41) is -0.384. The van der Waals surface area contributed by atoms with E-state index in [2.05, 4.69) is 0 Å². The molecule has 1 aromatic rings. The second kappa shape index (κ2) is 2.34. The van der Waals surface area contributed by atoms with Gasteiger partial charge in [-0.25, -0.2) is 8.42 Å². The molecule has 62 valence electrons. The number of hydrogen-bond acceptors (Lipinski definition) is 4. The first-order valence-electron chi connectivity index (χ1n) is 3.19. The summed E-state index contributed by atoms with van der Waals surface area (Å²) >= 11 is 0. The molecule has 0 radical (unpaired) electrons. The SMILES string of the molecule is O=C1[34S][34S](=O)(=O)c2ccccc21. The molecular weight excluding hydrogens is 200 g/mol. The van der Waals surface area contributed by atoms with Crippen molar-refractivity contribution in [3.63, 3.8) is 0 Å². The van der Waals surface area contributed by atoms with Crippen LogP contribution in [0.5, 0.6) is 0 Å². The van der Waals surface area contributed by atoms with Crippen LogP contribution in [0, 0.1) is 0 Å². The molecule has 2 rings (SSSR count). The molecule has 0 saturated carbocycles. The van der Waals surface area contributed by atoms with Crippen LogP contribution in [0.3, 0.4) is 0 Å². The summed E-state index contributed by atoms with van der Waals surface area (Å²) in [6, 6.07) is 6.23. The summed E-state index contributed by atoms with van der Waals surface area (Å²) in [6.45, 7) is 0. The first kappa shape index (κ1) is 7.82. The third-order valence-electron chi connectivity index (χ3n) is 1.56. The maximum absolute atomic E-state index is 11.2. The van der Waals surface area contributed by atoms with Gasteiger partial charge >= 0.3 is 0 Å². The molecule has 0 aliphatic carbocycles. The van der Waals surface area contributed by atoms with Crippen molar-refractivity contribution in [1.29, 1.82) is 0 Å². The first-order valence-corrected chi connectivity index (χ1v) is 6.01. The number of benzene rings is 1. The second-order valence-corrected chi connectivity index (χ2v) is 6.02. The fraction of sp³-hybridized carbons (Fsp3) is 0. The fourth-order valence-electron chi connectivity index (χ4n) is 1.04. The van der Waals surface area contributed by atoms with Crippen LogP contribution in [-0.2, 0) is 8.87 Å². The van der Waals surface area contributed by atoms with Crippen molar-refractivity contribution >= 4 is 24.8 Å². The van der Waals surface area contributed by atoms with Crippen molar-refractivity contribution in [2.45, 2.75) is 4.90 Å². The molecule has 0 bridgehead atoms. The molecule has 12 heavy (non-hydrogen) atoms. The van der Waals surface area contributed by atoms with E-state index in [0.29, 0.717) is 16.4 Å². The van der Waals surface area contributed by atoms with Gasteiger partial charge in [-0.1, -0.05) is 12.1 Å². The van der Waals surface area contributed by atoms with Crippen molar-refractivity contribution in [3.8, 4) is 0 Å². The molecule has 1 aromatic carbocycles. The standard InChI is InChI=1S/C7H4O3S2/c8-7-5-3-1-2-4-6(5)12(9,10)11-7/h1-4H/i11+2,12+2. The number of carbonyl (C=O) groups excluding carboxylic acids is 1. The molecule has 1 aliphatic rings. The van der Waals surface area contributed by atoms with Gasteiger partial charge in [0.15, 0.2) is 0 Å². The quantitative estimate of drug-likeness (QED) is 0.471. The van der Waals surface area contributed by atoms with Gasteiger partial charge in [0, 0.05) is 5.56 Å². The summed E-state index contributed by atoms with van der Waals surface area (Å²) in [6.07, 6.45) is 0. The van der Waals surface area contributed by atoms with Gasteiger partial charge in [-0.3, -0.25) is 4.79 Å². The highest BCUT2D eigenvalue weighted by atomic mass is 35.0. The Labute approximate surface area is 73.1 Å². The average Bonchev–Trinajstić information content (AvgIpc) is 2.25. The highest BCUT2D eigenvalue weighted by molar-refractivity contribution is 8.78. The zero-order valence-electron chi connectivity index (χ0n) is 5.85. The van der Waals surface area contributed by atoms with E-state index in [1.165, 1.54) is 12.1 Å². The number of hydrogen-bond donors (Lipinski definition) is 0. The molecule has 1 heterocycles. The maximum Gasteiger partial charge on any atom is 0.238 e. The van der Waals surface area contributed by atoms with Gasteiger partial charge in [0.05, 0.1) is 15.7 Å². The van der Waals surface area contributed by atoms with E-state index in [4.69, 9.17) is 0 Å². The van der Waals surface area contributed by atoms with Gasteiger partial charge in [-0.05, 0) is 12.1 Å². The summed E-state index contributed by atoms with van der Waals surface area (Å²) in [5.74, 6) is 0.